The van der Waals surface area contributed by atoms with E-state index in [1.165, 1.54) is 6.21 Å². The van der Waals surface area contributed by atoms with Crippen molar-refractivity contribution in [3.8, 4) is 5.75 Å². The van der Waals surface area contributed by atoms with Gasteiger partial charge in [0.1, 0.15) is 5.75 Å². The predicted molar refractivity (Wildman–Crippen MR) is 99.3 cm³/mol. The zero-order valence-corrected chi connectivity index (χ0v) is 14.9. The molecule has 1 rings (SSSR count). The lowest BCUT2D eigenvalue weighted by atomic mass is 10.1. The fourth-order valence-electron chi connectivity index (χ4n) is 1.48. The molecule has 0 aliphatic heterocycles. The van der Waals surface area contributed by atoms with Crippen LogP contribution >= 0.6 is 35.4 Å². The Morgan fingerprint density at radius 1 is 1.46 bits per heavy atom. The van der Waals surface area contributed by atoms with Crippen molar-refractivity contribution in [2.45, 2.75) is 13.3 Å². The second-order valence-electron chi connectivity index (χ2n) is 4.35. The summed E-state index contributed by atoms with van der Waals surface area (Å²) in [6.07, 6.45) is 1.13. The van der Waals surface area contributed by atoms with Gasteiger partial charge in [-0.25, -0.2) is 13.8 Å². The summed E-state index contributed by atoms with van der Waals surface area (Å²) in [7, 11) is 0. The molecule has 3 nitrogen and oxygen atoms in total. The smallest absolute Gasteiger partial charge is 0.277 e. The Labute approximate surface area is 154 Å². The van der Waals surface area contributed by atoms with Crippen LogP contribution in [0.15, 0.2) is 58.5 Å². The summed E-state index contributed by atoms with van der Waals surface area (Å²) in [5.74, 6) is 0.233. The van der Waals surface area contributed by atoms with E-state index in [1.807, 2.05) is 0 Å². The van der Waals surface area contributed by atoms with Gasteiger partial charge in [0.2, 0.25) is 5.88 Å². The Kier molecular flexibility index (Phi) is 8.04. The molecule has 0 unspecified atom stereocenters. The van der Waals surface area contributed by atoms with E-state index in [0.29, 0.717) is 5.03 Å². The predicted octanol–water partition coefficient (Wildman–Crippen LogP) is 5.23. The molecule has 0 aliphatic carbocycles. The molecule has 1 aromatic carbocycles. The molecule has 0 atom stereocenters. The summed E-state index contributed by atoms with van der Waals surface area (Å²) in [5, 5.41) is 0.619. The highest BCUT2D eigenvalue weighted by molar-refractivity contribution is 7.81. The highest BCUT2D eigenvalue weighted by Crippen LogP contribution is 2.29. The van der Waals surface area contributed by atoms with Gasteiger partial charge < -0.3 is 10.5 Å². The molecule has 128 valence electrons. The van der Waals surface area contributed by atoms with E-state index in [2.05, 4.69) is 11.6 Å². The van der Waals surface area contributed by atoms with Crippen molar-refractivity contribution in [3.05, 3.63) is 64.1 Å². The van der Waals surface area contributed by atoms with Crippen molar-refractivity contribution >= 4 is 46.5 Å². The van der Waals surface area contributed by atoms with Crippen LogP contribution in [-0.4, -0.2) is 17.5 Å². The first-order valence-electron chi connectivity index (χ1n) is 6.57. The second-order valence-corrected chi connectivity index (χ2v) is 5.63. The minimum atomic E-state index is -2.82. The second kappa shape index (κ2) is 9.52. The maximum absolute atomic E-state index is 12.6. The van der Waals surface area contributed by atoms with Gasteiger partial charge in [0.15, 0.2) is 0 Å². The molecule has 0 spiro atoms. The minimum absolute atomic E-state index is 0.0108. The number of aliphatic imine (C=N–C) groups is 1. The lowest BCUT2D eigenvalue weighted by Gasteiger charge is -2.12. The van der Waals surface area contributed by atoms with Gasteiger partial charge in [-0.1, -0.05) is 47.6 Å². The normalized spacial score (nSPS) is 12.8. The molecule has 8 heteroatoms. The average Bonchev–Trinajstić information content (AvgIpc) is 2.52. The number of thiocarbonyl (C=S) groups is 1. The van der Waals surface area contributed by atoms with Crippen LogP contribution in [0.1, 0.15) is 12.5 Å². The van der Waals surface area contributed by atoms with Gasteiger partial charge in [-0.3, -0.25) is 0 Å². The van der Waals surface area contributed by atoms with Crippen molar-refractivity contribution in [1.29, 1.82) is 0 Å². The van der Waals surface area contributed by atoms with Crippen molar-refractivity contribution in [2.75, 3.05) is 0 Å². The summed E-state index contributed by atoms with van der Waals surface area (Å²) in [5.41, 5.74) is 4.81. The van der Waals surface area contributed by atoms with Crippen LogP contribution in [0, 0.1) is 0 Å². The van der Waals surface area contributed by atoms with Gasteiger partial charge in [-0.2, -0.15) is 0 Å². The Morgan fingerprint density at radius 2 is 2.12 bits per heavy atom. The molecule has 0 saturated heterocycles. The highest BCUT2D eigenvalue weighted by Gasteiger charge is 2.15. The molecule has 0 aliphatic rings. The number of ether oxygens (including phenoxy) is 1. The molecule has 24 heavy (non-hydrogen) atoms. The Morgan fingerprint density at radius 3 is 2.71 bits per heavy atom. The Bertz CT molecular complexity index is 731. The Hall–Kier alpha value is -1.76. The number of alkyl halides is 2. The quantitative estimate of drug-likeness (QED) is 0.228. The highest BCUT2D eigenvalue weighted by atomic mass is 35.5. The fraction of sp³-hybridized carbons (Fsp3) is 0.125. The van der Waals surface area contributed by atoms with Gasteiger partial charge in [0, 0.05) is 6.21 Å². The molecule has 2 N–H and O–H groups in total. The Balaban J connectivity index is 3.12. The summed E-state index contributed by atoms with van der Waals surface area (Å²) >= 11 is 17.0. The van der Waals surface area contributed by atoms with Crippen LogP contribution in [0.2, 0.25) is 5.02 Å². The summed E-state index contributed by atoms with van der Waals surface area (Å²) in [4.78, 5) is 3.93. The molecule has 0 heterocycles. The zero-order valence-electron chi connectivity index (χ0n) is 12.6. The zero-order chi connectivity index (χ0) is 18.3. The molecule has 0 saturated carbocycles. The van der Waals surface area contributed by atoms with Crippen LogP contribution in [0.4, 0.5) is 8.78 Å². The molecule has 1 aromatic rings. The van der Waals surface area contributed by atoms with Crippen LogP contribution in [0.3, 0.4) is 0 Å². The molecule has 0 amide bonds. The van der Waals surface area contributed by atoms with Gasteiger partial charge in [-0.05, 0) is 31.7 Å². The third kappa shape index (κ3) is 6.03. The van der Waals surface area contributed by atoms with Gasteiger partial charge >= 0.3 is 0 Å². The van der Waals surface area contributed by atoms with Crippen molar-refractivity contribution in [2.24, 2.45) is 10.7 Å². The van der Waals surface area contributed by atoms with E-state index in [0.717, 1.165) is 6.08 Å². The van der Waals surface area contributed by atoms with Crippen molar-refractivity contribution in [1.82, 2.24) is 0 Å². The summed E-state index contributed by atoms with van der Waals surface area (Å²) in [6, 6.07) is 4.71. The van der Waals surface area contributed by atoms with E-state index < -0.39 is 12.1 Å². The first-order valence-corrected chi connectivity index (χ1v) is 7.73. The van der Waals surface area contributed by atoms with E-state index in [9.17, 15) is 8.78 Å². The number of rotatable bonds is 7. The summed E-state index contributed by atoms with van der Waals surface area (Å²) in [6.45, 7) is 5.36. The average molecular weight is 391 g/mol. The fourth-order valence-corrected chi connectivity index (χ4v) is 2.20. The maximum Gasteiger partial charge on any atom is 0.277 e. The van der Waals surface area contributed by atoms with Crippen molar-refractivity contribution < 1.29 is 13.5 Å². The standard InChI is InChI=1S/C16H14Cl2F2N2OS/c1-3-10(17)8-22-9(2)23-13-6-4-5-11(18)15(13)14(24)7-12(21)16(19)20/h3-8,16H,2,21H2,1H3/b10-3+,12-7-,22-8-. The molecule has 0 radical (unpaired) electrons. The summed E-state index contributed by atoms with van der Waals surface area (Å²) < 4.78 is 30.6. The maximum atomic E-state index is 12.6. The number of hydrogen-bond donors (Lipinski definition) is 1. The third-order valence-electron chi connectivity index (χ3n) is 2.61. The lowest BCUT2D eigenvalue weighted by Crippen LogP contribution is -2.11. The van der Waals surface area contributed by atoms with E-state index >= 15 is 0 Å². The molecule has 0 bridgehead atoms. The molecule has 0 aromatic heterocycles. The number of allylic oxidation sites excluding steroid dienone is 4. The van der Waals surface area contributed by atoms with E-state index in [1.54, 1.807) is 31.2 Å². The number of nitrogens with two attached hydrogens (primary N) is 1. The topological polar surface area (TPSA) is 47.6 Å². The van der Waals surface area contributed by atoms with Crippen LogP contribution in [-0.2, 0) is 0 Å². The first kappa shape index (κ1) is 20.3. The largest absolute Gasteiger partial charge is 0.439 e. The van der Waals surface area contributed by atoms with E-state index in [-0.39, 0.29) is 27.1 Å². The van der Waals surface area contributed by atoms with Crippen LogP contribution in [0.25, 0.3) is 0 Å². The monoisotopic (exact) mass is 390 g/mol. The number of hydrogen-bond acceptors (Lipinski definition) is 4. The lowest BCUT2D eigenvalue weighted by molar-refractivity contribution is 0.188. The van der Waals surface area contributed by atoms with E-state index in [4.69, 9.17) is 45.9 Å². The number of benzene rings is 1. The van der Waals surface area contributed by atoms with Crippen LogP contribution in [0.5, 0.6) is 5.75 Å². The first-order chi connectivity index (χ1) is 11.3. The number of halogens is 4. The van der Waals surface area contributed by atoms with Crippen molar-refractivity contribution in [3.63, 3.8) is 0 Å². The van der Waals surface area contributed by atoms with Crippen LogP contribution < -0.4 is 10.5 Å². The van der Waals surface area contributed by atoms with Gasteiger partial charge in [0.05, 0.1) is 26.2 Å². The van der Waals surface area contributed by atoms with Gasteiger partial charge in [0.25, 0.3) is 6.43 Å². The third-order valence-corrected chi connectivity index (χ3v) is 3.56. The SMILES string of the molecule is C=C(/N=C\C(Cl)=C/C)Oc1cccc(Cl)c1C(=S)/C=C(\N)C(F)F. The minimum Gasteiger partial charge on any atom is -0.439 e. The molecular formula is C16H14Cl2F2N2OS. The van der Waals surface area contributed by atoms with Gasteiger partial charge in [-0.15, -0.1) is 0 Å². The number of nitrogens with zero attached hydrogens (tertiary/aromatic N) is 1. The molecular weight excluding hydrogens is 377 g/mol. The molecule has 0 fully saturated rings.